The smallest absolute Gasteiger partial charge is 0.0580 e. The second-order valence-electron chi connectivity index (χ2n) is 4.55. The molecule has 0 aromatic heterocycles. The normalized spacial score (nSPS) is 27.4. The molecule has 2 atom stereocenters. The van der Waals surface area contributed by atoms with Crippen LogP contribution in [0.25, 0.3) is 0 Å². The van der Waals surface area contributed by atoms with E-state index in [9.17, 15) is 5.11 Å². The molecule has 0 amide bonds. The van der Waals surface area contributed by atoms with Crippen LogP contribution in [0.1, 0.15) is 39.5 Å². The molecule has 2 heteroatoms. The summed E-state index contributed by atoms with van der Waals surface area (Å²) in [5, 5.41) is 13.1. The minimum atomic E-state index is -0.0667. The summed E-state index contributed by atoms with van der Waals surface area (Å²) in [6.07, 6.45) is 6.79. The molecule has 1 rings (SSSR count). The highest BCUT2D eigenvalue weighted by Gasteiger charge is 2.21. The molecule has 0 saturated heterocycles. The molecule has 2 N–H and O–H groups in total. The zero-order valence-electron chi connectivity index (χ0n) is 9.42. The largest absolute Gasteiger partial charge is 0.393 e. The van der Waals surface area contributed by atoms with Gasteiger partial charge >= 0.3 is 0 Å². The number of hydrogen-bond donors (Lipinski definition) is 2. The molecule has 0 aliphatic heterocycles. The summed E-state index contributed by atoms with van der Waals surface area (Å²) < 4.78 is 0. The molecule has 82 valence electrons. The number of aliphatic hydroxyl groups excluding tert-OH is 1. The van der Waals surface area contributed by atoms with Crippen molar-refractivity contribution in [3.63, 3.8) is 0 Å². The number of rotatable bonds is 4. The highest BCUT2D eigenvalue weighted by molar-refractivity contribution is 4.94. The van der Waals surface area contributed by atoms with Gasteiger partial charge in [-0.2, -0.15) is 0 Å². The van der Waals surface area contributed by atoms with Crippen molar-refractivity contribution < 1.29 is 5.11 Å². The second-order valence-corrected chi connectivity index (χ2v) is 4.55. The molecule has 0 spiro atoms. The lowest BCUT2D eigenvalue weighted by Gasteiger charge is -2.27. The molecule has 1 fully saturated rings. The first-order valence-electron chi connectivity index (χ1n) is 5.72. The molecular weight excluding hydrogens is 174 g/mol. The molecule has 1 aliphatic carbocycles. The van der Waals surface area contributed by atoms with E-state index in [0.29, 0.717) is 5.92 Å². The maximum Gasteiger partial charge on any atom is 0.0580 e. The lowest BCUT2D eigenvalue weighted by molar-refractivity contribution is 0.0702. The average molecular weight is 197 g/mol. The van der Waals surface area contributed by atoms with Gasteiger partial charge in [0, 0.05) is 13.1 Å². The second kappa shape index (κ2) is 6.20. The Bertz CT molecular complexity index is 185. The third kappa shape index (κ3) is 4.25. The number of nitrogens with one attached hydrogen (secondary N) is 1. The summed E-state index contributed by atoms with van der Waals surface area (Å²) in [6, 6.07) is 0. The van der Waals surface area contributed by atoms with Gasteiger partial charge in [0.2, 0.25) is 0 Å². The summed E-state index contributed by atoms with van der Waals surface area (Å²) in [7, 11) is 0. The fourth-order valence-corrected chi connectivity index (χ4v) is 1.97. The third-order valence-corrected chi connectivity index (χ3v) is 2.93. The molecular formula is C12H23NO. The summed E-state index contributed by atoms with van der Waals surface area (Å²) in [5.41, 5.74) is 1.35. The number of allylic oxidation sites excluding steroid dienone is 1. The van der Waals surface area contributed by atoms with Gasteiger partial charge in [-0.25, -0.2) is 0 Å². The van der Waals surface area contributed by atoms with Gasteiger partial charge < -0.3 is 10.4 Å². The van der Waals surface area contributed by atoms with Crippen molar-refractivity contribution in [2.45, 2.75) is 45.6 Å². The van der Waals surface area contributed by atoms with Gasteiger partial charge in [0.15, 0.2) is 0 Å². The van der Waals surface area contributed by atoms with E-state index < -0.39 is 0 Å². The van der Waals surface area contributed by atoms with E-state index in [2.05, 4.69) is 25.2 Å². The number of aliphatic hydroxyl groups is 1. The zero-order chi connectivity index (χ0) is 10.4. The van der Waals surface area contributed by atoms with Gasteiger partial charge in [0.25, 0.3) is 0 Å². The molecule has 0 aromatic carbocycles. The van der Waals surface area contributed by atoms with Crippen LogP contribution in [0.3, 0.4) is 0 Å². The van der Waals surface area contributed by atoms with Crippen molar-refractivity contribution >= 4 is 0 Å². The van der Waals surface area contributed by atoms with E-state index in [4.69, 9.17) is 0 Å². The van der Waals surface area contributed by atoms with E-state index in [-0.39, 0.29) is 6.10 Å². The highest BCUT2D eigenvalue weighted by Crippen LogP contribution is 2.23. The maximum absolute atomic E-state index is 9.72. The van der Waals surface area contributed by atoms with Crippen molar-refractivity contribution in [2.75, 3.05) is 13.1 Å². The highest BCUT2D eigenvalue weighted by atomic mass is 16.3. The van der Waals surface area contributed by atoms with Crippen LogP contribution in [0.5, 0.6) is 0 Å². The van der Waals surface area contributed by atoms with Crippen LogP contribution >= 0.6 is 0 Å². The Morgan fingerprint density at radius 2 is 2.07 bits per heavy atom. The predicted octanol–water partition coefficient (Wildman–Crippen LogP) is 2.09. The number of hydrogen-bond acceptors (Lipinski definition) is 2. The lowest BCUT2D eigenvalue weighted by atomic mass is 9.86. The molecule has 0 aromatic rings. The quantitative estimate of drug-likeness (QED) is 0.534. The molecule has 1 saturated carbocycles. The Kier molecular flexibility index (Phi) is 5.20. The van der Waals surface area contributed by atoms with E-state index >= 15 is 0 Å². The van der Waals surface area contributed by atoms with Crippen LogP contribution in [-0.4, -0.2) is 24.3 Å². The van der Waals surface area contributed by atoms with Crippen LogP contribution in [0, 0.1) is 5.92 Å². The fourth-order valence-electron chi connectivity index (χ4n) is 1.97. The summed E-state index contributed by atoms with van der Waals surface area (Å²) in [6.45, 7) is 6.12. The van der Waals surface area contributed by atoms with E-state index in [1.54, 1.807) is 0 Å². The van der Waals surface area contributed by atoms with Gasteiger partial charge in [-0.1, -0.05) is 24.5 Å². The minimum Gasteiger partial charge on any atom is -0.393 e. The van der Waals surface area contributed by atoms with Crippen LogP contribution in [0.4, 0.5) is 0 Å². The molecule has 2 unspecified atom stereocenters. The first-order valence-corrected chi connectivity index (χ1v) is 5.72. The van der Waals surface area contributed by atoms with Crippen molar-refractivity contribution in [2.24, 2.45) is 5.92 Å². The standard InChI is InChI=1S/C12H23NO/c1-10(2)7-8-13-9-11-5-3-4-6-12(11)14/h7,11-14H,3-6,8-9H2,1-2H3. The van der Waals surface area contributed by atoms with Gasteiger partial charge in [0.1, 0.15) is 0 Å². The van der Waals surface area contributed by atoms with Crippen molar-refractivity contribution in [3.05, 3.63) is 11.6 Å². The van der Waals surface area contributed by atoms with E-state index in [1.165, 1.54) is 24.8 Å². The van der Waals surface area contributed by atoms with Crippen molar-refractivity contribution in [1.82, 2.24) is 5.32 Å². The first-order chi connectivity index (χ1) is 6.70. The monoisotopic (exact) mass is 197 g/mol. The van der Waals surface area contributed by atoms with Crippen LogP contribution < -0.4 is 5.32 Å². The lowest BCUT2D eigenvalue weighted by Crippen LogP contribution is -2.33. The first kappa shape index (κ1) is 11.7. The average Bonchev–Trinajstić information content (AvgIpc) is 2.15. The zero-order valence-corrected chi connectivity index (χ0v) is 9.42. The molecule has 14 heavy (non-hydrogen) atoms. The molecule has 2 nitrogen and oxygen atoms in total. The van der Waals surface area contributed by atoms with Crippen LogP contribution in [0.2, 0.25) is 0 Å². The van der Waals surface area contributed by atoms with E-state index in [0.717, 1.165) is 19.5 Å². The van der Waals surface area contributed by atoms with Gasteiger partial charge in [-0.15, -0.1) is 0 Å². The van der Waals surface area contributed by atoms with Crippen LogP contribution in [-0.2, 0) is 0 Å². The molecule has 0 bridgehead atoms. The molecule has 0 radical (unpaired) electrons. The SMILES string of the molecule is CC(C)=CCNCC1CCCCC1O. The van der Waals surface area contributed by atoms with Gasteiger partial charge in [0.05, 0.1) is 6.10 Å². The summed E-state index contributed by atoms with van der Waals surface area (Å²) >= 11 is 0. The summed E-state index contributed by atoms with van der Waals surface area (Å²) in [5.74, 6) is 0.481. The Hall–Kier alpha value is -0.340. The topological polar surface area (TPSA) is 32.3 Å². The van der Waals surface area contributed by atoms with Crippen molar-refractivity contribution in [3.8, 4) is 0 Å². The predicted molar refractivity (Wildman–Crippen MR) is 60.3 cm³/mol. The fraction of sp³-hybridized carbons (Fsp3) is 0.833. The maximum atomic E-state index is 9.72. The Morgan fingerprint density at radius 3 is 2.71 bits per heavy atom. The third-order valence-electron chi connectivity index (χ3n) is 2.93. The Balaban J connectivity index is 2.13. The van der Waals surface area contributed by atoms with Crippen molar-refractivity contribution in [1.29, 1.82) is 0 Å². The summed E-state index contributed by atoms with van der Waals surface area (Å²) in [4.78, 5) is 0. The Labute approximate surface area is 87.4 Å². The van der Waals surface area contributed by atoms with Gasteiger partial charge in [-0.3, -0.25) is 0 Å². The minimum absolute atomic E-state index is 0.0667. The van der Waals surface area contributed by atoms with Gasteiger partial charge in [-0.05, 0) is 32.6 Å². The molecule has 1 aliphatic rings. The molecule has 0 heterocycles. The Morgan fingerprint density at radius 1 is 1.36 bits per heavy atom. The van der Waals surface area contributed by atoms with E-state index in [1.807, 2.05) is 0 Å². The van der Waals surface area contributed by atoms with Crippen LogP contribution in [0.15, 0.2) is 11.6 Å².